The van der Waals surface area contributed by atoms with Gasteiger partial charge >= 0.3 is 0 Å². The van der Waals surface area contributed by atoms with Crippen LogP contribution in [-0.4, -0.2) is 19.5 Å². The van der Waals surface area contributed by atoms with E-state index in [1.807, 2.05) is 36.5 Å². The van der Waals surface area contributed by atoms with Gasteiger partial charge in [0.15, 0.2) is 0 Å². The van der Waals surface area contributed by atoms with E-state index in [0.717, 1.165) is 77.8 Å². The molecule has 0 aliphatic carbocycles. The highest BCUT2D eigenvalue weighted by Crippen LogP contribution is 2.42. The van der Waals surface area contributed by atoms with Crippen LogP contribution in [0.1, 0.15) is 19.9 Å². The molecule has 9 rings (SSSR count). The molecule has 4 aromatic heterocycles. The summed E-state index contributed by atoms with van der Waals surface area (Å²) in [5.74, 6) is 0.958. The summed E-state index contributed by atoms with van der Waals surface area (Å²) >= 11 is 0. The second-order valence-corrected chi connectivity index (χ2v) is 11.7. The van der Waals surface area contributed by atoms with Crippen LogP contribution in [0.5, 0.6) is 0 Å². The molecule has 44 heavy (non-hydrogen) atoms. The standard InChI is InChI=1S/C39H28N4O/c1-23(2)43-34-18-10-13-25(37(34)42-39(43)29-15-9-14-28-26-11-3-5-17-33(26)41-36(28)29)24-21-30-27-12-4-6-19-35(27)44-38(30)31(22-24)32-16-7-8-20-40-32/h3-23,41H,1-2H3. The molecule has 0 atom stereocenters. The molecule has 0 aliphatic rings. The fraction of sp³-hybridized carbons (Fsp3) is 0.0769. The lowest BCUT2D eigenvalue weighted by molar-refractivity contribution is 0.624. The number of nitrogens with one attached hydrogen (secondary N) is 1. The molecule has 1 N–H and O–H groups in total. The van der Waals surface area contributed by atoms with Crippen molar-refractivity contribution in [3.8, 4) is 33.8 Å². The molecule has 0 fully saturated rings. The van der Waals surface area contributed by atoms with E-state index in [-0.39, 0.29) is 6.04 Å². The molecule has 0 bridgehead atoms. The van der Waals surface area contributed by atoms with Crippen LogP contribution in [0, 0.1) is 0 Å². The van der Waals surface area contributed by atoms with Crippen molar-refractivity contribution in [2.24, 2.45) is 0 Å². The number of H-pyrrole nitrogens is 1. The van der Waals surface area contributed by atoms with Gasteiger partial charge in [-0.25, -0.2) is 4.98 Å². The fourth-order valence-electron chi connectivity index (χ4n) is 6.82. The maximum absolute atomic E-state index is 6.43. The summed E-state index contributed by atoms with van der Waals surface area (Å²) < 4.78 is 8.80. The summed E-state index contributed by atoms with van der Waals surface area (Å²) in [5, 5.41) is 4.59. The zero-order chi connectivity index (χ0) is 29.4. The van der Waals surface area contributed by atoms with E-state index in [1.165, 1.54) is 10.8 Å². The second-order valence-electron chi connectivity index (χ2n) is 11.7. The molecule has 5 heteroatoms. The van der Waals surface area contributed by atoms with Crippen LogP contribution < -0.4 is 0 Å². The number of aromatic amines is 1. The summed E-state index contributed by atoms with van der Waals surface area (Å²) in [5.41, 5.74) is 11.1. The summed E-state index contributed by atoms with van der Waals surface area (Å²) in [6.07, 6.45) is 1.83. The highest BCUT2D eigenvalue weighted by molar-refractivity contribution is 6.13. The van der Waals surface area contributed by atoms with Crippen molar-refractivity contribution < 1.29 is 4.42 Å². The molecule has 0 saturated carbocycles. The van der Waals surface area contributed by atoms with Gasteiger partial charge < -0.3 is 14.0 Å². The maximum Gasteiger partial charge on any atom is 0.144 e. The number of fused-ring (bicyclic) bond motifs is 7. The molecule has 0 aliphatic heterocycles. The number of para-hydroxylation sites is 4. The van der Waals surface area contributed by atoms with Crippen molar-refractivity contribution in [1.82, 2.24) is 19.5 Å². The van der Waals surface area contributed by atoms with Crippen molar-refractivity contribution >= 4 is 54.8 Å². The van der Waals surface area contributed by atoms with Crippen LogP contribution in [0.3, 0.4) is 0 Å². The maximum atomic E-state index is 6.43. The van der Waals surface area contributed by atoms with E-state index in [1.54, 1.807) is 0 Å². The Balaban J connectivity index is 1.34. The lowest BCUT2D eigenvalue weighted by Crippen LogP contribution is -2.03. The largest absolute Gasteiger partial charge is 0.455 e. The number of hydrogen-bond acceptors (Lipinski definition) is 3. The third-order valence-corrected chi connectivity index (χ3v) is 8.75. The van der Waals surface area contributed by atoms with Crippen molar-refractivity contribution in [3.05, 3.63) is 121 Å². The number of furan rings is 1. The van der Waals surface area contributed by atoms with Gasteiger partial charge in [0.25, 0.3) is 0 Å². The van der Waals surface area contributed by atoms with E-state index in [2.05, 4.69) is 108 Å². The van der Waals surface area contributed by atoms with E-state index < -0.39 is 0 Å². The summed E-state index contributed by atoms with van der Waals surface area (Å²) in [4.78, 5) is 13.8. The van der Waals surface area contributed by atoms with Gasteiger partial charge in [0, 0.05) is 56.0 Å². The minimum atomic E-state index is 0.203. The molecule has 5 aromatic carbocycles. The Bertz CT molecular complexity index is 2530. The van der Waals surface area contributed by atoms with Crippen LogP contribution in [0.15, 0.2) is 126 Å². The monoisotopic (exact) mass is 568 g/mol. The number of imidazole rings is 1. The fourth-order valence-corrected chi connectivity index (χ4v) is 6.82. The van der Waals surface area contributed by atoms with Gasteiger partial charge in [-0.3, -0.25) is 4.98 Å². The number of rotatable bonds is 4. The van der Waals surface area contributed by atoms with Gasteiger partial charge in [-0.15, -0.1) is 0 Å². The predicted octanol–water partition coefficient (Wildman–Crippen LogP) is 10.5. The third kappa shape index (κ3) is 3.59. The highest BCUT2D eigenvalue weighted by atomic mass is 16.3. The minimum absolute atomic E-state index is 0.203. The molecule has 0 spiro atoms. The van der Waals surface area contributed by atoms with Crippen LogP contribution in [0.25, 0.3) is 88.5 Å². The Morgan fingerprint density at radius 3 is 2.32 bits per heavy atom. The first-order valence-electron chi connectivity index (χ1n) is 15.0. The topological polar surface area (TPSA) is 59.6 Å². The number of aromatic nitrogens is 4. The minimum Gasteiger partial charge on any atom is -0.455 e. The van der Waals surface area contributed by atoms with Crippen molar-refractivity contribution in [2.45, 2.75) is 19.9 Å². The first-order chi connectivity index (χ1) is 21.7. The number of pyridine rings is 1. The predicted molar refractivity (Wildman–Crippen MR) is 181 cm³/mol. The van der Waals surface area contributed by atoms with E-state index >= 15 is 0 Å². The highest BCUT2D eigenvalue weighted by Gasteiger charge is 2.22. The first kappa shape index (κ1) is 24.9. The van der Waals surface area contributed by atoms with Crippen molar-refractivity contribution in [2.75, 3.05) is 0 Å². The molecule has 0 saturated heterocycles. The molecule has 0 unspecified atom stereocenters. The SMILES string of the molecule is CC(C)n1c(-c2cccc3c2[nH]c2ccccc23)nc2c(-c3cc(-c4ccccn4)c4oc5ccccc5c4c3)cccc21. The van der Waals surface area contributed by atoms with Crippen molar-refractivity contribution in [3.63, 3.8) is 0 Å². The first-order valence-corrected chi connectivity index (χ1v) is 15.0. The lowest BCUT2D eigenvalue weighted by atomic mass is 9.97. The van der Waals surface area contributed by atoms with Gasteiger partial charge in [0.2, 0.25) is 0 Å². The number of benzene rings is 5. The van der Waals surface area contributed by atoms with Gasteiger partial charge in [0.05, 0.1) is 22.2 Å². The number of nitrogens with zero attached hydrogens (tertiary/aromatic N) is 3. The molecule has 210 valence electrons. The van der Waals surface area contributed by atoms with Crippen LogP contribution >= 0.6 is 0 Å². The Hall–Kier alpha value is -5.68. The molecule has 4 heterocycles. The lowest BCUT2D eigenvalue weighted by Gasteiger charge is -2.14. The van der Waals surface area contributed by atoms with Gasteiger partial charge in [0.1, 0.15) is 17.0 Å². The zero-order valence-electron chi connectivity index (χ0n) is 24.4. The summed E-state index contributed by atoms with van der Waals surface area (Å²) in [6, 6.07) is 40.4. The quantitative estimate of drug-likeness (QED) is 0.230. The molecule has 0 radical (unpaired) electrons. The normalized spacial score (nSPS) is 12.1. The molecule has 0 amide bonds. The Kier molecular flexibility index (Phi) is 5.32. The Morgan fingerprint density at radius 1 is 0.682 bits per heavy atom. The van der Waals surface area contributed by atoms with E-state index in [0.29, 0.717) is 0 Å². The Labute approximate surface area is 253 Å². The summed E-state index contributed by atoms with van der Waals surface area (Å²) in [6.45, 7) is 4.46. The molecular weight excluding hydrogens is 540 g/mol. The third-order valence-electron chi connectivity index (χ3n) is 8.75. The second kappa shape index (κ2) is 9.41. The van der Waals surface area contributed by atoms with E-state index in [4.69, 9.17) is 14.4 Å². The zero-order valence-corrected chi connectivity index (χ0v) is 24.4. The van der Waals surface area contributed by atoms with Crippen LogP contribution in [-0.2, 0) is 0 Å². The van der Waals surface area contributed by atoms with Gasteiger partial charge in [-0.1, -0.05) is 66.7 Å². The molecule has 9 aromatic rings. The summed E-state index contributed by atoms with van der Waals surface area (Å²) in [7, 11) is 0. The Morgan fingerprint density at radius 2 is 1.45 bits per heavy atom. The van der Waals surface area contributed by atoms with E-state index in [9.17, 15) is 0 Å². The van der Waals surface area contributed by atoms with Gasteiger partial charge in [-0.05, 0) is 67.9 Å². The smallest absolute Gasteiger partial charge is 0.144 e. The van der Waals surface area contributed by atoms with Crippen molar-refractivity contribution in [1.29, 1.82) is 0 Å². The van der Waals surface area contributed by atoms with Crippen LogP contribution in [0.4, 0.5) is 0 Å². The van der Waals surface area contributed by atoms with Crippen LogP contribution in [0.2, 0.25) is 0 Å². The number of hydrogen-bond donors (Lipinski definition) is 1. The average Bonchev–Trinajstić information content (AvgIpc) is 3.76. The van der Waals surface area contributed by atoms with Gasteiger partial charge in [-0.2, -0.15) is 0 Å². The molecular formula is C39H28N4O. The average molecular weight is 569 g/mol. The molecule has 5 nitrogen and oxygen atoms in total.